The molecule has 2 heterocycles. The minimum absolute atomic E-state index is 0.0843. The van der Waals surface area contributed by atoms with Crippen molar-refractivity contribution in [1.82, 2.24) is 20.0 Å². The van der Waals surface area contributed by atoms with Gasteiger partial charge in [0, 0.05) is 38.7 Å². The molecule has 0 aliphatic carbocycles. The molecular formula is C21H22N4O2. The highest BCUT2D eigenvalue weighted by atomic mass is 16.4. The predicted molar refractivity (Wildman–Crippen MR) is 102 cm³/mol. The molecule has 6 nitrogen and oxygen atoms in total. The highest BCUT2D eigenvalue weighted by molar-refractivity contribution is 5.95. The van der Waals surface area contributed by atoms with Crippen LogP contribution in [0.25, 0.3) is 11.1 Å². The second-order valence-electron chi connectivity index (χ2n) is 6.73. The van der Waals surface area contributed by atoms with Gasteiger partial charge in [0.25, 0.3) is 5.91 Å². The van der Waals surface area contributed by atoms with E-state index in [0.717, 1.165) is 29.8 Å². The summed E-state index contributed by atoms with van der Waals surface area (Å²) < 4.78 is 5.44. The van der Waals surface area contributed by atoms with E-state index >= 15 is 0 Å². The first-order valence-electron chi connectivity index (χ1n) is 9.15. The van der Waals surface area contributed by atoms with Crippen LogP contribution in [0.3, 0.4) is 0 Å². The maximum atomic E-state index is 12.9. The van der Waals surface area contributed by atoms with E-state index in [2.05, 4.69) is 27.2 Å². The highest BCUT2D eigenvalue weighted by Gasteiger charge is 2.23. The van der Waals surface area contributed by atoms with Gasteiger partial charge in [-0.3, -0.25) is 9.69 Å². The minimum atomic E-state index is 0.0843. The Labute approximate surface area is 158 Å². The van der Waals surface area contributed by atoms with Crippen LogP contribution in [0.2, 0.25) is 0 Å². The summed E-state index contributed by atoms with van der Waals surface area (Å²) in [6, 6.07) is 18.0. The Balaban J connectivity index is 1.39. The van der Waals surface area contributed by atoms with Crippen LogP contribution in [0.4, 0.5) is 0 Å². The van der Waals surface area contributed by atoms with Gasteiger partial charge in [-0.25, -0.2) is 0 Å². The summed E-state index contributed by atoms with van der Waals surface area (Å²) >= 11 is 0. The van der Waals surface area contributed by atoms with E-state index in [1.54, 1.807) is 6.92 Å². The van der Waals surface area contributed by atoms with Crippen molar-refractivity contribution in [2.75, 3.05) is 26.2 Å². The van der Waals surface area contributed by atoms with Crippen LogP contribution in [0.15, 0.2) is 59.0 Å². The van der Waals surface area contributed by atoms with Crippen molar-refractivity contribution < 1.29 is 9.21 Å². The summed E-state index contributed by atoms with van der Waals surface area (Å²) in [5.74, 6) is 1.29. The van der Waals surface area contributed by atoms with Crippen LogP contribution in [0, 0.1) is 6.92 Å². The number of carbonyl (C=O) groups excluding carboxylic acids is 1. The summed E-state index contributed by atoms with van der Waals surface area (Å²) in [7, 11) is 0. The van der Waals surface area contributed by atoms with E-state index in [0.29, 0.717) is 31.4 Å². The Morgan fingerprint density at radius 3 is 2.41 bits per heavy atom. The lowest BCUT2D eigenvalue weighted by Gasteiger charge is -2.34. The third-order valence-corrected chi connectivity index (χ3v) is 4.80. The molecule has 0 saturated carbocycles. The molecule has 1 saturated heterocycles. The summed E-state index contributed by atoms with van der Waals surface area (Å²) in [6.07, 6.45) is 0. The highest BCUT2D eigenvalue weighted by Crippen LogP contribution is 2.21. The van der Waals surface area contributed by atoms with E-state index < -0.39 is 0 Å². The molecule has 0 spiro atoms. The smallest absolute Gasteiger partial charge is 0.253 e. The molecule has 0 unspecified atom stereocenters. The van der Waals surface area contributed by atoms with Gasteiger partial charge in [-0.05, 0) is 23.3 Å². The second-order valence-corrected chi connectivity index (χ2v) is 6.73. The van der Waals surface area contributed by atoms with Gasteiger partial charge in [0.2, 0.25) is 11.8 Å². The minimum Gasteiger partial charge on any atom is -0.424 e. The van der Waals surface area contributed by atoms with Gasteiger partial charge in [0.15, 0.2) is 0 Å². The fraction of sp³-hybridized carbons (Fsp3) is 0.286. The van der Waals surface area contributed by atoms with Crippen molar-refractivity contribution in [3.8, 4) is 11.1 Å². The molecule has 1 aliphatic heterocycles. The number of aryl methyl sites for hydroxylation is 1. The number of hydrogen-bond donors (Lipinski definition) is 0. The predicted octanol–water partition coefficient (Wildman–Crippen LogP) is 3.00. The molecule has 0 bridgehead atoms. The maximum Gasteiger partial charge on any atom is 0.253 e. The normalized spacial score (nSPS) is 15.1. The van der Waals surface area contributed by atoms with Crippen molar-refractivity contribution in [3.63, 3.8) is 0 Å². The zero-order valence-electron chi connectivity index (χ0n) is 15.3. The number of piperazine rings is 1. The number of aromatic nitrogens is 2. The molecule has 2 aromatic carbocycles. The third-order valence-electron chi connectivity index (χ3n) is 4.80. The van der Waals surface area contributed by atoms with E-state index in [9.17, 15) is 4.79 Å². The first-order valence-corrected chi connectivity index (χ1v) is 9.15. The van der Waals surface area contributed by atoms with E-state index in [1.165, 1.54) is 0 Å². The monoisotopic (exact) mass is 362 g/mol. The number of rotatable bonds is 4. The fourth-order valence-corrected chi connectivity index (χ4v) is 3.35. The van der Waals surface area contributed by atoms with Crippen molar-refractivity contribution in [2.24, 2.45) is 0 Å². The Kier molecular flexibility index (Phi) is 4.98. The van der Waals surface area contributed by atoms with E-state index in [1.807, 2.05) is 47.4 Å². The van der Waals surface area contributed by atoms with Gasteiger partial charge < -0.3 is 9.32 Å². The lowest BCUT2D eigenvalue weighted by Crippen LogP contribution is -2.48. The van der Waals surface area contributed by atoms with Gasteiger partial charge in [0.1, 0.15) is 0 Å². The number of amides is 1. The number of hydrogen-bond acceptors (Lipinski definition) is 5. The second kappa shape index (κ2) is 7.72. The average Bonchev–Trinajstić information content (AvgIpc) is 3.13. The number of nitrogens with zero attached hydrogens (tertiary/aromatic N) is 4. The molecule has 4 rings (SSSR count). The number of carbonyl (C=O) groups is 1. The van der Waals surface area contributed by atoms with Gasteiger partial charge in [-0.15, -0.1) is 10.2 Å². The fourth-order valence-electron chi connectivity index (χ4n) is 3.35. The molecule has 0 N–H and O–H groups in total. The molecule has 1 fully saturated rings. The first kappa shape index (κ1) is 17.4. The molecule has 1 aromatic heterocycles. The van der Waals surface area contributed by atoms with Crippen LogP contribution in [-0.4, -0.2) is 52.1 Å². The van der Waals surface area contributed by atoms with Crippen LogP contribution in [-0.2, 0) is 6.54 Å². The van der Waals surface area contributed by atoms with Crippen molar-refractivity contribution >= 4 is 5.91 Å². The SMILES string of the molecule is Cc1nnc(CN2CCN(C(=O)c3cccc(-c4ccccc4)c3)CC2)o1. The first-order chi connectivity index (χ1) is 13.2. The van der Waals surface area contributed by atoms with Crippen molar-refractivity contribution in [1.29, 1.82) is 0 Å². The molecule has 138 valence electrons. The van der Waals surface area contributed by atoms with Gasteiger partial charge in [-0.1, -0.05) is 42.5 Å². The third kappa shape index (κ3) is 4.06. The summed E-state index contributed by atoms with van der Waals surface area (Å²) in [6.45, 7) is 5.41. The van der Waals surface area contributed by atoms with Gasteiger partial charge >= 0.3 is 0 Å². The largest absolute Gasteiger partial charge is 0.424 e. The van der Waals surface area contributed by atoms with Crippen molar-refractivity contribution in [2.45, 2.75) is 13.5 Å². The van der Waals surface area contributed by atoms with E-state index in [-0.39, 0.29) is 5.91 Å². The van der Waals surface area contributed by atoms with E-state index in [4.69, 9.17) is 4.42 Å². The Morgan fingerprint density at radius 1 is 0.963 bits per heavy atom. The zero-order valence-corrected chi connectivity index (χ0v) is 15.3. The van der Waals surface area contributed by atoms with Crippen LogP contribution in [0.1, 0.15) is 22.1 Å². The maximum absolute atomic E-state index is 12.9. The Hall–Kier alpha value is -2.99. The molecule has 27 heavy (non-hydrogen) atoms. The van der Waals surface area contributed by atoms with Gasteiger partial charge in [0.05, 0.1) is 6.54 Å². The van der Waals surface area contributed by atoms with Crippen LogP contribution in [0.5, 0.6) is 0 Å². The molecule has 0 atom stereocenters. The Morgan fingerprint density at radius 2 is 1.70 bits per heavy atom. The molecule has 1 aliphatic rings. The van der Waals surface area contributed by atoms with Crippen LogP contribution >= 0.6 is 0 Å². The molecule has 0 radical (unpaired) electrons. The van der Waals surface area contributed by atoms with Crippen molar-refractivity contribution in [3.05, 3.63) is 71.9 Å². The summed E-state index contributed by atoms with van der Waals surface area (Å²) in [5.41, 5.74) is 2.91. The molecular weight excluding hydrogens is 340 g/mol. The quantitative estimate of drug-likeness (QED) is 0.714. The average molecular weight is 362 g/mol. The summed E-state index contributed by atoms with van der Waals surface area (Å²) in [4.78, 5) is 17.1. The molecule has 1 amide bonds. The zero-order chi connectivity index (χ0) is 18.6. The lowest BCUT2D eigenvalue weighted by atomic mass is 10.0. The Bertz CT molecular complexity index is 915. The molecule has 3 aromatic rings. The van der Waals surface area contributed by atoms with Gasteiger partial charge in [-0.2, -0.15) is 0 Å². The topological polar surface area (TPSA) is 62.5 Å². The lowest BCUT2D eigenvalue weighted by molar-refractivity contribution is 0.0618. The standard InChI is InChI=1S/C21H22N4O2/c1-16-22-23-20(27-16)15-24-10-12-25(13-11-24)21(26)19-9-5-8-18(14-19)17-6-3-2-4-7-17/h2-9,14H,10-13,15H2,1H3. The number of benzene rings is 2. The molecule has 6 heteroatoms. The van der Waals surface area contributed by atoms with Crippen LogP contribution < -0.4 is 0 Å². The summed E-state index contributed by atoms with van der Waals surface area (Å²) in [5, 5.41) is 7.90.